The third kappa shape index (κ3) is 5.85. The summed E-state index contributed by atoms with van der Waals surface area (Å²) in [6.07, 6.45) is 2.70. The number of nitrogens with one attached hydrogen (secondary N) is 1. The molecule has 1 aromatic carbocycles. The van der Waals surface area contributed by atoms with E-state index in [4.69, 9.17) is 11.6 Å². The first kappa shape index (κ1) is 19.4. The highest BCUT2D eigenvalue weighted by Crippen LogP contribution is 2.19. The summed E-state index contributed by atoms with van der Waals surface area (Å²) in [4.78, 5) is -0.0175. The molecule has 0 unspecified atom stereocenters. The minimum absolute atomic E-state index is 0.00958. The van der Waals surface area contributed by atoms with Gasteiger partial charge in [0.1, 0.15) is 4.90 Å². The van der Waals surface area contributed by atoms with Crippen LogP contribution in [0.1, 0.15) is 19.8 Å². The predicted octanol–water partition coefficient (Wildman–Crippen LogP) is 1.68. The summed E-state index contributed by atoms with van der Waals surface area (Å²) in [5.74, 6) is 0. The molecular formula is C13H21ClN2O4S2. The normalized spacial score (nSPS) is 12.7. The Kier molecular flexibility index (Phi) is 7.27. The van der Waals surface area contributed by atoms with Crippen molar-refractivity contribution in [2.75, 3.05) is 25.9 Å². The van der Waals surface area contributed by atoms with Gasteiger partial charge >= 0.3 is 0 Å². The van der Waals surface area contributed by atoms with Gasteiger partial charge in [-0.3, -0.25) is 0 Å². The van der Waals surface area contributed by atoms with Crippen molar-refractivity contribution < 1.29 is 16.8 Å². The average molecular weight is 369 g/mol. The highest BCUT2D eigenvalue weighted by atomic mass is 35.5. The maximum Gasteiger partial charge on any atom is 0.242 e. The summed E-state index contributed by atoms with van der Waals surface area (Å²) in [7, 11) is -7.11. The molecule has 0 aliphatic heterocycles. The Morgan fingerprint density at radius 1 is 1.14 bits per heavy atom. The molecule has 1 aromatic rings. The van der Waals surface area contributed by atoms with Gasteiger partial charge in [-0.1, -0.05) is 37.1 Å². The van der Waals surface area contributed by atoms with Gasteiger partial charge in [0.15, 0.2) is 0 Å². The van der Waals surface area contributed by atoms with Crippen LogP contribution in [0.4, 0.5) is 0 Å². The number of hydrogen-bond donors (Lipinski definition) is 1. The standard InChI is InChI=1S/C13H21ClN2O4S2/c1-3-4-10-16(21(2,17)18)11-9-15-22(19,20)13-8-6-5-7-12(13)14/h5-8,15H,3-4,9-11H2,1-2H3. The Labute approximate surface area is 137 Å². The first-order chi connectivity index (χ1) is 10.2. The van der Waals surface area contributed by atoms with E-state index < -0.39 is 20.0 Å². The lowest BCUT2D eigenvalue weighted by atomic mass is 10.3. The van der Waals surface area contributed by atoms with Crippen molar-refractivity contribution in [2.24, 2.45) is 0 Å². The molecule has 0 heterocycles. The first-order valence-electron chi connectivity index (χ1n) is 6.88. The van der Waals surface area contributed by atoms with Crippen molar-refractivity contribution in [1.29, 1.82) is 0 Å². The van der Waals surface area contributed by atoms with E-state index in [-0.39, 0.29) is 23.0 Å². The van der Waals surface area contributed by atoms with Crippen LogP contribution in [0.5, 0.6) is 0 Å². The number of halogens is 1. The van der Waals surface area contributed by atoms with E-state index in [1.165, 1.54) is 16.4 Å². The monoisotopic (exact) mass is 368 g/mol. The molecule has 0 fully saturated rings. The van der Waals surface area contributed by atoms with Crippen LogP contribution in [0.2, 0.25) is 5.02 Å². The van der Waals surface area contributed by atoms with Crippen LogP contribution >= 0.6 is 11.6 Å². The molecule has 0 aliphatic rings. The maximum atomic E-state index is 12.1. The van der Waals surface area contributed by atoms with E-state index in [9.17, 15) is 16.8 Å². The number of nitrogens with zero attached hydrogens (tertiary/aromatic N) is 1. The molecule has 0 bridgehead atoms. The molecule has 0 amide bonds. The molecule has 1 rings (SSSR count). The Hall–Kier alpha value is -0.670. The SMILES string of the molecule is CCCCN(CCNS(=O)(=O)c1ccccc1Cl)S(C)(=O)=O. The van der Waals surface area contributed by atoms with Gasteiger partial charge in [0.25, 0.3) is 0 Å². The molecule has 0 saturated carbocycles. The van der Waals surface area contributed by atoms with Gasteiger partial charge in [0.05, 0.1) is 11.3 Å². The van der Waals surface area contributed by atoms with E-state index in [1.54, 1.807) is 12.1 Å². The fourth-order valence-corrected chi connectivity index (χ4v) is 4.25. The Morgan fingerprint density at radius 2 is 1.77 bits per heavy atom. The molecule has 0 radical (unpaired) electrons. The Bertz CT molecular complexity index is 690. The topological polar surface area (TPSA) is 83.6 Å². The van der Waals surface area contributed by atoms with E-state index in [0.717, 1.165) is 19.1 Å². The molecule has 9 heteroatoms. The smallest absolute Gasteiger partial charge is 0.213 e. The zero-order valence-corrected chi connectivity index (χ0v) is 15.0. The van der Waals surface area contributed by atoms with E-state index in [1.807, 2.05) is 6.92 Å². The van der Waals surface area contributed by atoms with Crippen molar-refractivity contribution in [3.63, 3.8) is 0 Å². The lowest BCUT2D eigenvalue weighted by Crippen LogP contribution is -2.38. The quantitative estimate of drug-likeness (QED) is 0.718. The number of rotatable bonds is 9. The highest BCUT2D eigenvalue weighted by molar-refractivity contribution is 7.89. The minimum Gasteiger partial charge on any atom is -0.213 e. The second-order valence-electron chi connectivity index (χ2n) is 4.84. The van der Waals surface area contributed by atoms with E-state index >= 15 is 0 Å². The number of benzene rings is 1. The zero-order valence-electron chi connectivity index (χ0n) is 12.6. The minimum atomic E-state index is -3.76. The van der Waals surface area contributed by atoms with Gasteiger partial charge in [0, 0.05) is 19.6 Å². The van der Waals surface area contributed by atoms with Crippen molar-refractivity contribution in [3.05, 3.63) is 29.3 Å². The van der Waals surface area contributed by atoms with Crippen LogP contribution < -0.4 is 4.72 Å². The van der Waals surface area contributed by atoms with Crippen molar-refractivity contribution in [3.8, 4) is 0 Å². The lowest BCUT2D eigenvalue weighted by molar-refractivity contribution is 0.408. The van der Waals surface area contributed by atoms with Gasteiger partial charge in [-0.2, -0.15) is 0 Å². The number of unbranched alkanes of at least 4 members (excludes halogenated alkanes) is 1. The van der Waals surface area contributed by atoms with Crippen molar-refractivity contribution >= 4 is 31.6 Å². The second kappa shape index (κ2) is 8.26. The summed E-state index contributed by atoms with van der Waals surface area (Å²) in [5.41, 5.74) is 0. The van der Waals surface area contributed by atoms with Crippen LogP contribution in [0, 0.1) is 0 Å². The molecule has 0 atom stereocenters. The van der Waals surface area contributed by atoms with Crippen molar-refractivity contribution in [2.45, 2.75) is 24.7 Å². The third-order valence-electron chi connectivity index (χ3n) is 3.01. The summed E-state index contributed by atoms with van der Waals surface area (Å²) >= 11 is 5.87. The predicted molar refractivity (Wildman–Crippen MR) is 88.0 cm³/mol. The van der Waals surface area contributed by atoms with Crippen LogP contribution in [-0.4, -0.2) is 47.0 Å². The fraction of sp³-hybridized carbons (Fsp3) is 0.538. The number of hydrogen-bond acceptors (Lipinski definition) is 4. The molecule has 6 nitrogen and oxygen atoms in total. The molecule has 0 aliphatic carbocycles. The fourth-order valence-electron chi connectivity index (χ4n) is 1.82. The first-order valence-corrected chi connectivity index (χ1v) is 10.6. The van der Waals surface area contributed by atoms with Crippen molar-refractivity contribution in [1.82, 2.24) is 9.03 Å². The summed E-state index contributed by atoms with van der Waals surface area (Å²) in [5, 5.41) is 0.126. The van der Waals surface area contributed by atoms with E-state index in [2.05, 4.69) is 4.72 Å². The average Bonchev–Trinajstić information content (AvgIpc) is 2.41. The summed E-state index contributed by atoms with van der Waals surface area (Å²) in [6.45, 7) is 2.41. The Morgan fingerprint density at radius 3 is 2.32 bits per heavy atom. The largest absolute Gasteiger partial charge is 0.242 e. The van der Waals surface area contributed by atoms with Crippen LogP contribution in [0.3, 0.4) is 0 Å². The van der Waals surface area contributed by atoms with E-state index in [0.29, 0.717) is 6.54 Å². The zero-order chi connectivity index (χ0) is 16.8. The molecule has 22 heavy (non-hydrogen) atoms. The van der Waals surface area contributed by atoms with Gasteiger partial charge in [0.2, 0.25) is 20.0 Å². The van der Waals surface area contributed by atoms with Gasteiger partial charge < -0.3 is 0 Å². The second-order valence-corrected chi connectivity index (χ2v) is 8.97. The molecule has 0 spiro atoms. The third-order valence-corrected chi connectivity index (χ3v) is 6.27. The summed E-state index contributed by atoms with van der Waals surface area (Å²) in [6, 6.07) is 6.10. The highest BCUT2D eigenvalue weighted by Gasteiger charge is 2.19. The van der Waals surface area contributed by atoms with Crippen LogP contribution in [0.25, 0.3) is 0 Å². The summed E-state index contributed by atoms with van der Waals surface area (Å²) < 4.78 is 51.2. The van der Waals surface area contributed by atoms with Gasteiger partial charge in [-0.15, -0.1) is 0 Å². The molecule has 1 N–H and O–H groups in total. The lowest BCUT2D eigenvalue weighted by Gasteiger charge is -2.19. The van der Waals surface area contributed by atoms with Gasteiger partial charge in [-0.25, -0.2) is 25.9 Å². The van der Waals surface area contributed by atoms with Gasteiger partial charge in [-0.05, 0) is 18.6 Å². The molecular weight excluding hydrogens is 348 g/mol. The number of sulfonamides is 2. The van der Waals surface area contributed by atoms with Crippen LogP contribution in [-0.2, 0) is 20.0 Å². The Balaban J connectivity index is 2.70. The maximum absolute atomic E-state index is 12.1. The molecule has 126 valence electrons. The van der Waals surface area contributed by atoms with Crippen LogP contribution in [0.15, 0.2) is 29.2 Å². The molecule has 0 saturated heterocycles. The molecule has 0 aromatic heterocycles.